The van der Waals surface area contributed by atoms with Crippen LogP contribution in [-0.2, 0) is 14.8 Å². The Labute approximate surface area is 182 Å². The summed E-state index contributed by atoms with van der Waals surface area (Å²) in [5.41, 5.74) is 0.371. The van der Waals surface area contributed by atoms with Crippen LogP contribution in [0.5, 0.6) is 11.5 Å². The van der Waals surface area contributed by atoms with E-state index in [2.05, 4.69) is 5.32 Å². The molecule has 164 valence electrons. The Balaban J connectivity index is 1.43. The standard InChI is InChI=1S/C23H26N2O5S/c26-23(24-20-13-16-6-7-17(20)12-16)15-25(31(27,28)19-4-2-1-3-5-19)18-8-9-21-22(14-18)30-11-10-29-21/h1-5,8-9,14,16-17,20H,6-7,10-13,15H2,(H,24,26)/t16-,17-,20+/m0/s1. The van der Waals surface area contributed by atoms with Crippen LogP contribution in [0.15, 0.2) is 53.4 Å². The maximum atomic E-state index is 13.5. The monoisotopic (exact) mass is 442 g/mol. The number of hydrogen-bond donors (Lipinski definition) is 1. The minimum atomic E-state index is -3.94. The van der Waals surface area contributed by atoms with E-state index < -0.39 is 10.0 Å². The van der Waals surface area contributed by atoms with Gasteiger partial charge in [0.1, 0.15) is 19.8 Å². The SMILES string of the molecule is O=C(CN(c1ccc2c(c1)OCCO2)S(=O)(=O)c1ccccc1)N[C@@H]1C[C@H]2CC[C@H]1C2. The summed E-state index contributed by atoms with van der Waals surface area (Å²) in [6, 6.07) is 13.3. The molecule has 31 heavy (non-hydrogen) atoms. The third kappa shape index (κ3) is 3.96. The smallest absolute Gasteiger partial charge is 0.264 e. The molecule has 2 aliphatic carbocycles. The number of ether oxygens (including phenoxy) is 2. The third-order valence-electron chi connectivity index (χ3n) is 6.52. The highest BCUT2D eigenvalue weighted by Crippen LogP contribution is 2.44. The number of anilines is 1. The van der Waals surface area contributed by atoms with Gasteiger partial charge in [0.2, 0.25) is 5.91 Å². The van der Waals surface area contributed by atoms with Crippen molar-refractivity contribution in [2.24, 2.45) is 11.8 Å². The van der Waals surface area contributed by atoms with Gasteiger partial charge in [0.25, 0.3) is 10.0 Å². The lowest BCUT2D eigenvalue weighted by atomic mass is 9.95. The third-order valence-corrected chi connectivity index (χ3v) is 8.30. The second-order valence-electron chi connectivity index (χ2n) is 8.50. The highest BCUT2D eigenvalue weighted by Gasteiger charge is 2.40. The molecule has 3 aliphatic rings. The van der Waals surface area contributed by atoms with Crippen molar-refractivity contribution >= 4 is 21.6 Å². The van der Waals surface area contributed by atoms with Gasteiger partial charge in [-0.05, 0) is 55.4 Å². The average Bonchev–Trinajstić information content (AvgIpc) is 3.41. The number of nitrogens with zero attached hydrogens (tertiary/aromatic N) is 1. The normalized spacial score (nSPS) is 24.1. The molecular weight excluding hydrogens is 416 g/mol. The first-order valence-corrected chi connectivity index (χ1v) is 12.2. The highest BCUT2D eigenvalue weighted by molar-refractivity contribution is 7.92. The fourth-order valence-electron chi connectivity index (χ4n) is 5.03. The molecule has 0 aromatic heterocycles. The molecule has 2 fully saturated rings. The minimum absolute atomic E-state index is 0.137. The Kier molecular flexibility index (Phi) is 5.25. The molecule has 2 bridgehead atoms. The van der Waals surface area contributed by atoms with Crippen LogP contribution in [0.1, 0.15) is 25.7 Å². The molecule has 3 atom stereocenters. The number of carbonyl (C=O) groups excluding carboxylic acids is 1. The van der Waals surface area contributed by atoms with Crippen LogP contribution >= 0.6 is 0 Å². The van der Waals surface area contributed by atoms with E-state index in [9.17, 15) is 13.2 Å². The van der Waals surface area contributed by atoms with Gasteiger partial charge in [-0.3, -0.25) is 9.10 Å². The number of carbonyl (C=O) groups is 1. The quantitative estimate of drug-likeness (QED) is 0.744. The zero-order valence-corrected chi connectivity index (χ0v) is 18.0. The van der Waals surface area contributed by atoms with E-state index in [1.165, 1.54) is 25.0 Å². The summed E-state index contributed by atoms with van der Waals surface area (Å²) in [7, 11) is -3.94. The predicted molar refractivity (Wildman–Crippen MR) is 116 cm³/mol. The van der Waals surface area contributed by atoms with Crippen molar-refractivity contribution < 1.29 is 22.7 Å². The first-order valence-electron chi connectivity index (χ1n) is 10.8. The zero-order chi connectivity index (χ0) is 21.4. The summed E-state index contributed by atoms with van der Waals surface area (Å²) in [4.78, 5) is 13.1. The maximum Gasteiger partial charge on any atom is 0.264 e. The second kappa shape index (κ2) is 8.07. The fourth-order valence-corrected chi connectivity index (χ4v) is 6.46. The van der Waals surface area contributed by atoms with Gasteiger partial charge in [-0.25, -0.2) is 8.42 Å². The number of benzene rings is 2. The summed E-state index contributed by atoms with van der Waals surface area (Å²) >= 11 is 0. The van der Waals surface area contributed by atoms with E-state index in [-0.39, 0.29) is 23.4 Å². The van der Waals surface area contributed by atoms with Crippen molar-refractivity contribution in [1.82, 2.24) is 5.32 Å². The van der Waals surface area contributed by atoms with E-state index >= 15 is 0 Å². The summed E-state index contributed by atoms with van der Waals surface area (Å²) in [5, 5.41) is 3.10. The number of hydrogen-bond acceptors (Lipinski definition) is 5. The molecule has 5 rings (SSSR count). The molecule has 1 amide bonds. The van der Waals surface area contributed by atoms with Crippen molar-refractivity contribution in [2.75, 3.05) is 24.1 Å². The van der Waals surface area contributed by atoms with Crippen LogP contribution < -0.4 is 19.1 Å². The first kappa shape index (κ1) is 20.2. The van der Waals surface area contributed by atoms with Crippen LogP contribution in [0.3, 0.4) is 0 Å². The summed E-state index contributed by atoms with van der Waals surface area (Å²) in [6.45, 7) is 0.557. The van der Waals surface area contributed by atoms with E-state index in [1.807, 2.05) is 0 Å². The Morgan fingerprint density at radius 3 is 2.48 bits per heavy atom. The van der Waals surface area contributed by atoms with Gasteiger partial charge in [-0.2, -0.15) is 0 Å². The van der Waals surface area contributed by atoms with Gasteiger partial charge >= 0.3 is 0 Å². The zero-order valence-electron chi connectivity index (χ0n) is 17.2. The molecule has 2 aromatic carbocycles. The van der Waals surface area contributed by atoms with Crippen LogP contribution in [0.4, 0.5) is 5.69 Å². The number of rotatable bonds is 6. The lowest BCUT2D eigenvalue weighted by molar-refractivity contribution is -0.120. The molecule has 8 heteroatoms. The number of nitrogens with one attached hydrogen (secondary N) is 1. The van der Waals surface area contributed by atoms with E-state index in [4.69, 9.17) is 9.47 Å². The molecule has 0 unspecified atom stereocenters. The lowest BCUT2D eigenvalue weighted by Gasteiger charge is -2.28. The Morgan fingerprint density at radius 2 is 1.77 bits per heavy atom. The summed E-state index contributed by atoms with van der Waals surface area (Å²) in [6.07, 6.45) is 4.54. The Bertz CT molecular complexity index is 1070. The van der Waals surface area contributed by atoms with Crippen molar-refractivity contribution in [3.05, 3.63) is 48.5 Å². The lowest BCUT2D eigenvalue weighted by Crippen LogP contribution is -2.46. The molecule has 0 saturated heterocycles. The molecule has 7 nitrogen and oxygen atoms in total. The highest BCUT2D eigenvalue weighted by atomic mass is 32.2. The van der Waals surface area contributed by atoms with Crippen molar-refractivity contribution in [1.29, 1.82) is 0 Å². The van der Waals surface area contributed by atoms with Crippen LogP contribution in [-0.4, -0.2) is 40.1 Å². The van der Waals surface area contributed by atoms with Crippen molar-refractivity contribution in [2.45, 2.75) is 36.6 Å². The first-order chi connectivity index (χ1) is 15.0. The fraction of sp³-hybridized carbons (Fsp3) is 0.435. The van der Waals surface area contributed by atoms with Gasteiger partial charge in [0, 0.05) is 12.1 Å². The van der Waals surface area contributed by atoms with Gasteiger partial charge in [-0.15, -0.1) is 0 Å². The van der Waals surface area contributed by atoms with Gasteiger partial charge in [-0.1, -0.05) is 24.6 Å². The molecule has 0 radical (unpaired) electrons. The molecule has 1 N–H and O–H groups in total. The topological polar surface area (TPSA) is 84.9 Å². The molecule has 0 spiro atoms. The van der Waals surface area contributed by atoms with Gasteiger partial charge < -0.3 is 14.8 Å². The van der Waals surface area contributed by atoms with E-state index in [0.29, 0.717) is 42.2 Å². The molecule has 2 saturated carbocycles. The second-order valence-corrected chi connectivity index (χ2v) is 10.4. The largest absolute Gasteiger partial charge is 0.486 e. The molecule has 1 aliphatic heterocycles. The van der Waals surface area contributed by atoms with E-state index in [1.54, 1.807) is 36.4 Å². The van der Waals surface area contributed by atoms with Crippen LogP contribution in [0.25, 0.3) is 0 Å². The van der Waals surface area contributed by atoms with Gasteiger partial charge in [0.05, 0.1) is 10.6 Å². The summed E-state index contributed by atoms with van der Waals surface area (Å²) < 4.78 is 39.3. The predicted octanol–water partition coefficient (Wildman–Crippen LogP) is 2.96. The molecule has 1 heterocycles. The maximum absolute atomic E-state index is 13.5. The number of sulfonamides is 1. The van der Waals surface area contributed by atoms with Crippen molar-refractivity contribution in [3.8, 4) is 11.5 Å². The van der Waals surface area contributed by atoms with E-state index in [0.717, 1.165) is 17.1 Å². The number of amides is 1. The average molecular weight is 443 g/mol. The molecular formula is C23H26N2O5S. The minimum Gasteiger partial charge on any atom is -0.486 e. The summed E-state index contributed by atoms with van der Waals surface area (Å²) in [5.74, 6) is 1.97. The van der Waals surface area contributed by atoms with Crippen LogP contribution in [0, 0.1) is 11.8 Å². The van der Waals surface area contributed by atoms with Gasteiger partial charge in [0.15, 0.2) is 11.5 Å². The van der Waals surface area contributed by atoms with Crippen LogP contribution in [0.2, 0.25) is 0 Å². The Morgan fingerprint density at radius 1 is 1.00 bits per heavy atom. The Hall–Kier alpha value is -2.74. The van der Waals surface area contributed by atoms with Crippen molar-refractivity contribution in [3.63, 3.8) is 0 Å². The number of fused-ring (bicyclic) bond motifs is 3. The molecule has 2 aromatic rings.